The Morgan fingerprint density at radius 3 is 2.53 bits per heavy atom. The number of benzene rings is 1. The van der Waals surface area contributed by atoms with Crippen molar-refractivity contribution in [1.82, 2.24) is 4.98 Å². The van der Waals surface area contributed by atoms with Crippen molar-refractivity contribution in [2.45, 2.75) is 9.92 Å². The van der Waals surface area contributed by atoms with E-state index in [1.54, 1.807) is 12.1 Å². The molecule has 0 atom stereocenters. The molecule has 2 aromatic rings. The third-order valence-electron chi connectivity index (χ3n) is 1.81. The summed E-state index contributed by atoms with van der Waals surface area (Å²) in [6.45, 7) is 0. The Balaban J connectivity index is 2.28. The number of rotatable bonds is 2. The van der Waals surface area contributed by atoms with Crippen LogP contribution in [0.4, 0.5) is 5.69 Å². The molecule has 0 aliphatic rings. The van der Waals surface area contributed by atoms with Crippen LogP contribution in [-0.4, -0.2) is 4.98 Å². The molecule has 0 spiro atoms. The lowest BCUT2D eigenvalue weighted by Gasteiger charge is -2.04. The van der Waals surface area contributed by atoms with Crippen LogP contribution in [0.25, 0.3) is 0 Å². The highest BCUT2D eigenvalue weighted by atomic mass is 35.5. The minimum Gasteiger partial charge on any atom is -0.397 e. The molecule has 0 amide bonds. The summed E-state index contributed by atoms with van der Waals surface area (Å²) in [4.78, 5) is 5.27. The van der Waals surface area contributed by atoms with Gasteiger partial charge in [-0.25, -0.2) is 4.98 Å². The van der Waals surface area contributed by atoms with Crippen LogP contribution in [0, 0.1) is 0 Å². The Bertz CT molecular complexity index is 459. The Morgan fingerprint density at radius 2 is 1.80 bits per heavy atom. The molecule has 0 saturated heterocycles. The van der Waals surface area contributed by atoms with Crippen LogP contribution in [0.1, 0.15) is 0 Å². The number of pyridine rings is 1. The molecular weight excluding hydrogens is 228 g/mol. The van der Waals surface area contributed by atoms with Crippen molar-refractivity contribution in [3.05, 3.63) is 47.6 Å². The van der Waals surface area contributed by atoms with E-state index in [-0.39, 0.29) is 0 Å². The first kappa shape index (κ1) is 10.3. The summed E-state index contributed by atoms with van der Waals surface area (Å²) < 4.78 is 0. The molecule has 2 N–H and O–H groups in total. The number of aromatic nitrogens is 1. The quantitative estimate of drug-likeness (QED) is 0.812. The van der Waals surface area contributed by atoms with Crippen LogP contribution in [0.5, 0.6) is 0 Å². The first-order valence-corrected chi connectivity index (χ1v) is 5.60. The van der Waals surface area contributed by atoms with Crippen LogP contribution in [0.2, 0.25) is 5.15 Å². The van der Waals surface area contributed by atoms with Gasteiger partial charge in [0.2, 0.25) is 0 Å². The molecule has 0 unspecified atom stereocenters. The summed E-state index contributed by atoms with van der Waals surface area (Å²) >= 11 is 7.31. The van der Waals surface area contributed by atoms with Crippen LogP contribution in [0.15, 0.2) is 52.4 Å². The van der Waals surface area contributed by atoms with Gasteiger partial charge in [-0.15, -0.1) is 0 Å². The van der Waals surface area contributed by atoms with Gasteiger partial charge in [0, 0.05) is 4.90 Å². The Labute approximate surface area is 97.5 Å². The molecule has 0 saturated carbocycles. The lowest BCUT2D eigenvalue weighted by atomic mass is 10.4. The van der Waals surface area contributed by atoms with Gasteiger partial charge in [-0.2, -0.15) is 0 Å². The number of halogens is 1. The summed E-state index contributed by atoms with van der Waals surface area (Å²) in [5.41, 5.74) is 6.44. The number of hydrogen-bond acceptors (Lipinski definition) is 3. The van der Waals surface area contributed by atoms with Crippen LogP contribution in [0.3, 0.4) is 0 Å². The second-order valence-electron chi connectivity index (χ2n) is 2.94. The SMILES string of the molecule is Nc1ccc(Cl)nc1Sc1ccccc1. The maximum Gasteiger partial charge on any atom is 0.130 e. The Hall–Kier alpha value is -1.19. The van der Waals surface area contributed by atoms with E-state index in [1.807, 2.05) is 30.3 Å². The summed E-state index contributed by atoms with van der Waals surface area (Å²) in [5, 5.41) is 1.20. The van der Waals surface area contributed by atoms with E-state index in [4.69, 9.17) is 17.3 Å². The van der Waals surface area contributed by atoms with Gasteiger partial charge in [-0.1, -0.05) is 41.6 Å². The number of hydrogen-bond donors (Lipinski definition) is 1. The molecule has 0 aliphatic heterocycles. The van der Waals surface area contributed by atoms with Gasteiger partial charge in [-0.05, 0) is 24.3 Å². The monoisotopic (exact) mass is 236 g/mol. The first-order chi connectivity index (χ1) is 7.25. The van der Waals surface area contributed by atoms with Crippen LogP contribution in [-0.2, 0) is 0 Å². The lowest BCUT2D eigenvalue weighted by molar-refractivity contribution is 1.14. The largest absolute Gasteiger partial charge is 0.397 e. The van der Waals surface area contributed by atoms with Gasteiger partial charge >= 0.3 is 0 Å². The molecule has 4 heteroatoms. The van der Waals surface area contributed by atoms with E-state index in [0.717, 1.165) is 9.92 Å². The van der Waals surface area contributed by atoms with Crippen LogP contribution >= 0.6 is 23.4 Å². The lowest BCUT2D eigenvalue weighted by Crippen LogP contribution is -1.91. The molecule has 1 aromatic heterocycles. The van der Waals surface area contributed by atoms with Crippen molar-refractivity contribution in [2.75, 3.05) is 5.73 Å². The summed E-state index contributed by atoms with van der Waals surface area (Å²) in [7, 11) is 0. The number of nitrogens with two attached hydrogens (primary N) is 1. The van der Waals surface area contributed by atoms with Crippen LogP contribution < -0.4 is 5.73 Å². The third kappa shape index (κ3) is 2.64. The fourth-order valence-corrected chi connectivity index (χ4v) is 2.15. The van der Waals surface area contributed by atoms with E-state index in [2.05, 4.69) is 4.98 Å². The van der Waals surface area contributed by atoms with Gasteiger partial charge in [0.15, 0.2) is 0 Å². The zero-order valence-corrected chi connectivity index (χ0v) is 9.42. The van der Waals surface area contributed by atoms with Gasteiger partial charge in [0.25, 0.3) is 0 Å². The van der Waals surface area contributed by atoms with Gasteiger partial charge < -0.3 is 5.73 Å². The number of nitrogens with zero attached hydrogens (tertiary/aromatic N) is 1. The Morgan fingerprint density at radius 1 is 1.07 bits per heavy atom. The van der Waals surface area contributed by atoms with Crippen molar-refractivity contribution >= 4 is 29.1 Å². The predicted octanol–water partition coefficient (Wildman–Crippen LogP) is 3.47. The second kappa shape index (κ2) is 4.55. The van der Waals surface area contributed by atoms with E-state index in [1.165, 1.54) is 11.8 Å². The highest BCUT2D eigenvalue weighted by Crippen LogP contribution is 2.30. The molecule has 0 aliphatic carbocycles. The summed E-state index contributed by atoms with van der Waals surface area (Å²) in [6, 6.07) is 13.4. The molecule has 0 fully saturated rings. The van der Waals surface area contributed by atoms with E-state index >= 15 is 0 Å². The van der Waals surface area contributed by atoms with Crippen molar-refractivity contribution in [2.24, 2.45) is 0 Å². The Kier molecular flexibility index (Phi) is 3.14. The predicted molar refractivity (Wildman–Crippen MR) is 64.2 cm³/mol. The van der Waals surface area contributed by atoms with Gasteiger partial charge in [0.1, 0.15) is 10.2 Å². The minimum absolute atomic E-state index is 0.461. The molecule has 2 rings (SSSR count). The molecule has 2 nitrogen and oxygen atoms in total. The maximum atomic E-state index is 5.80. The smallest absolute Gasteiger partial charge is 0.130 e. The second-order valence-corrected chi connectivity index (χ2v) is 4.39. The fourth-order valence-electron chi connectivity index (χ4n) is 1.11. The van der Waals surface area contributed by atoms with Crippen molar-refractivity contribution in [3.8, 4) is 0 Å². The zero-order chi connectivity index (χ0) is 10.7. The molecule has 0 radical (unpaired) electrons. The zero-order valence-electron chi connectivity index (χ0n) is 7.85. The molecule has 1 heterocycles. The average molecular weight is 237 g/mol. The van der Waals surface area contributed by atoms with Gasteiger partial charge in [0.05, 0.1) is 5.69 Å². The molecule has 76 valence electrons. The number of anilines is 1. The summed E-state index contributed by atoms with van der Waals surface area (Å²) in [6.07, 6.45) is 0. The highest BCUT2D eigenvalue weighted by molar-refractivity contribution is 7.99. The van der Waals surface area contributed by atoms with Crippen molar-refractivity contribution in [1.29, 1.82) is 0 Å². The minimum atomic E-state index is 0.461. The third-order valence-corrected chi connectivity index (χ3v) is 3.05. The molecule has 1 aromatic carbocycles. The molecule has 0 bridgehead atoms. The van der Waals surface area contributed by atoms with E-state index in [9.17, 15) is 0 Å². The highest BCUT2D eigenvalue weighted by Gasteiger charge is 2.03. The maximum absolute atomic E-state index is 5.80. The average Bonchev–Trinajstić information content (AvgIpc) is 2.25. The fraction of sp³-hybridized carbons (Fsp3) is 0. The van der Waals surface area contributed by atoms with E-state index in [0.29, 0.717) is 10.8 Å². The summed E-state index contributed by atoms with van der Waals surface area (Å²) in [5.74, 6) is 0. The van der Waals surface area contributed by atoms with E-state index < -0.39 is 0 Å². The standard InChI is InChI=1S/C11H9ClN2S/c12-10-7-6-9(13)11(14-10)15-8-4-2-1-3-5-8/h1-7H,13H2. The normalized spacial score (nSPS) is 10.2. The molecule has 15 heavy (non-hydrogen) atoms. The molecular formula is C11H9ClN2S. The topological polar surface area (TPSA) is 38.9 Å². The van der Waals surface area contributed by atoms with Gasteiger partial charge in [-0.3, -0.25) is 0 Å². The van der Waals surface area contributed by atoms with Crippen molar-refractivity contribution < 1.29 is 0 Å². The first-order valence-electron chi connectivity index (χ1n) is 4.40. The number of nitrogen functional groups attached to an aromatic ring is 1. The van der Waals surface area contributed by atoms with Crippen molar-refractivity contribution in [3.63, 3.8) is 0 Å².